The number of nitrogens with one attached hydrogen (secondary N) is 1. The van der Waals surface area contributed by atoms with Gasteiger partial charge in [-0.15, -0.1) is 0 Å². The molecule has 1 saturated heterocycles. The fourth-order valence-corrected chi connectivity index (χ4v) is 3.31. The van der Waals surface area contributed by atoms with E-state index in [-0.39, 0.29) is 11.9 Å². The molecule has 0 unspecified atom stereocenters. The average Bonchev–Trinajstić information content (AvgIpc) is 3.24. The molecule has 1 fully saturated rings. The molecule has 0 aromatic carbocycles. The molecule has 1 aliphatic rings. The number of rotatable bonds is 3. The van der Waals surface area contributed by atoms with Crippen molar-refractivity contribution in [3.8, 4) is 0 Å². The number of carbonyl (C=O) groups is 2. The van der Waals surface area contributed by atoms with Gasteiger partial charge in [0.25, 0.3) is 5.91 Å². The predicted molar refractivity (Wildman–Crippen MR) is 92.0 cm³/mol. The van der Waals surface area contributed by atoms with Crippen molar-refractivity contribution >= 4 is 23.3 Å². The fraction of sp³-hybridized carbons (Fsp3) is 0.438. The highest BCUT2D eigenvalue weighted by molar-refractivity contribution is 7.08. The molecule has 3 amide bonds. The normalized spacial score (nSPS) is 14.8. The van der Waals surface area contributed by atoms with Gasteiger partial charge < -0.3 is 15.1 Å². The lowest BCUT2D eigenvalue weighted by atomic mass is 10.2. The van der Waals surface area contributed by atoms with Crippen LogP contribution in [0.2, 0.25) is 0 Å². The second kappa shape index (κ2) is 7.04. The molecule has 8 heteroatoms. The monoisotopic (exact) mass is 347 g/mol. The Hall–Kier alpha value is -2.35. The Bertz CT molecular complexity index is 717. The van der Waals surface area contributed by atoms with Crippen molar-refractivity contribution in [2.75, 3.05) is 26.2 Å². The third kappa shape index (κ3) is 3.43. The second-order valence-electron chi connectivity index (χ2n) is 5.83. The number of nitrogens with zero attached hydrogens (tertiary/aromatic N) is 4. The van der Waals surface area contributed by atoms with Crippen molar-refractivity contribution in [3.05, 3.63) is 39.8 Å². The lowest BCUT2D eigenvalue weighted by molar-refractivity contribution is 0.0665. The topological polar surface area (TPSA) is 70.5 Å². The maximum absolute atomic E-state index is 12.3. The molecule has 2 aromatic rings. The van der Waals surface area contributed by atoms with Gasteiger partial charge in [-0.3, -0.25) is 9.48 Å². The van der Waals surface area contributed by atoms with Gasteiger partial charge in [-0.2, -0.15) is 16.4 Å². The number of piperazine rings is 1. The number of thiophene rings is 1. The van der Waals surface area contributed by atoms with Crippen molar-refractivity contribution in [1.29, 1.82) is 0 Å². The van der Waals surface area contributed by atoms with Crippen molar-refractivity contribution in [2.45, 2.75) is 13.5 Å². The van der Waals surface area contributed by atoms with E-state index in [4.69, 9.17) is 0 Å². The van der Waals surface area contributed by atoms with Crippen LogP contribution >= 0.6 is 11.3 Å². The molecule has 0 radical (unpaired) electrons. The summed E-state index contributed by atoms with van der Waals surface area (Å²) in [5, 5.41) is 10.9. The molecule has 0 atom stereocenters. The third-order valence-electron chi connectivity index (χ3n) is 4.39. The molecule has 3 heterocycles. The zero-order chi connectivity index (χ0) is 17.1. The van der Waals surface area contributed by atoms with Crippen LogP contribution in [0, 0.1) is 6.92 Å². The van der Waals surface area contributed by atoms with Gasteiger partial charge in [-0.1, -0.05) is 0 Å². The lowest BCUT2D eigenvalue weighted by Crippen LogP contribution is -2.53. The van der Waals surface area contributed by atoms with E-state index in [9.17, 15) is 9.59 Å². The quantitative estimate of drug-likeness (QED) is 0.914. The largest absolute Gasteiger partial charge is 0.335 e. The van der Waals surface area contributed by atoms with Crippen LogP contribution in [0.4, 0.5) is 4.79 Å². The zero-order valence-electron chi connectivity index (χ0n) is 13.9. The Morgan fingerprint density at radius 3 is 2.54 bits per heavy atom. The van der Waals surface area contributed by atoms with Gasteiger partial charge in [0.1, 0.15) is 0 Å². The molecule has 1 N–H and O–H groups in total. The van der Waals surface area contributed by atoms with Crippen molar-refractivity contribution in [3.63, 3.8) is 0 Å². The molecule has 24 heavy (non-hydrogen) atoms. The van der Waals surface area contributed by atoms with E-state index in [2.05, 4.69) is 10.4 Å². The standard InChI is InChI=1S/C16H21N5O2S/c1-12-14(10-18-19(12)2)9-17-16(23)21-6-4-20(5-7-21)15(22)13-3-8-24-11-13/h3,8,10-11H,4-7,9H2,1-2H3,(H,17,23). The second-order valence-corrected chi connectivity index (χ2v) is 6.61. The number of carbonyl (C=O) groups excluding carboxylic acids is 2. The van der Waals surface area contributed by atoms with Crippen LogP contribution in [-0.2, 0) is 13.6 Å². The van der Waals surface area contributed by atoms with E-state index in [1.165, 1.54) is 11.3 Å². The van der Waals surface area contributed by atoms with Crippen LogP contribution in [0.3, 0.4) is 0 Å². The Labute approximate surface area is 144 Å². The predicted octanol–water partition coefficient (Wildman–Crippen LogP) is 1.46. The first-order valence-electron chi connectivity index (χ1n) is 7.88. The van der Waals surface area contributed by atoms with Crippen molar-refractivity contribution in [1.82, 2.24) is 24.9 Å². The minimum absolute atomic E-state index is 0.0438. The van der Waals surface area contributed by atoms with E-state index in [1.807, 2.05) is 30.8 Å². The maximum atomic E-state index is 12.3. The molecule has 2 aromatic heterocycles. The van der Waals surface area contributed by atoms with Crippen molar-refractivity contribution in [2.24, 2.45) is 7.05 Å². The Morgan fingerprint density at radius 2 is 1.96 bits per heavy atom. The van der Waals surface area contributed by atoms with E-state index in [0.29, 0.717) is 32.7 Å². The SMILES string of the molecule is Cc1c(CNC(=O)N2CCN(C(=O)c3ccsc3)CC2)cnn1C. The third-order valence-corrected chi connectivity index (χ3v) is 5.07. The van der Waals surface area contributed by atoms with E-state index in [1.54, 1.807) is 20.7 Å². The van der Waals surface area contributed by atoms with Crippen LogP contribution in [0.25, 0.3) is 0 Å². The van der Waals surface area contributed by atoms with E-state index >= 15 is 0 Å². The molecule has 0 saturated carbocycles. The zero-order valence-corrected chi connectivity index (χ0v) is 14.7. The number of urea groups is 1. The van der Waals surface area contributed by atoms with Crippen LogP contribution in [-0.4, -0.2) is 57.7 Å². The van der Waals surface area contributed by atoms with Gasteiger partial charge >= 0.3 is 6.03 Å². The molecule has 0 bridgehead atoms. The summed E-state index contributed by atoms with van der Waals surface area (Å²) in [4.78, 5) is 28.1. The summed E-state index contributed by atoms with van der Waals surface area (Å²) in [5.74, 6) is 0.0438. The van der Waals surface area contributed by atoms with Gasteiger partial charge in [-0.05, 0) is 18.4 Å². The molecular weight excluding hydrogens is 326 g/mol. The first-order valence-corrected chi connectivity index (χ1v) is 8.82. The molecule has 0 spiro atoms. The number of aromatic nitrogens is 2. The van der Waals surface area contributed by atoms with Gasteiger partial charge in [0, 0.05) is 56.4 Å². The fourth-order valence-electron chi connectivity index (χ4n) is 2.68. The summed E-state index contributed by atoms with van der Waals surface area (Å²) in [5.41, 5.74) is 2.78. The minimum atomic E-state index is -0.0964. The maximum Gasteiger partial charge on any atom is 0.317 e. The molecule has 7 nitrogen and oxygen atoms in total. The van der Waals surface area contributed by atoms with Gasteiger partial charge in [0.15, 0.2) is 0 Å². The number of aryl methyl sites for hydroxylation is 1. The summed E-state index contributed by atoms with van der Waals surface area (Å²) < 4.78 is 1.79. The highest BCUT2D eigenvalue weighted by Crippen LogP contribution is 2.12. The number of hydrogen-bond donors (Lipinski definition) is 1. The summed E-state index contributed by atoms with van der Waals surface area (Å²) in [6.07, 6.45) is 1.77. The van der Waals surface area contributed by atoms with Gasteiger partial charge in [0.05, 0.1) is 11.8 Å². The Morgan fingerprint density at radius 1 is 1.25 bits per heavy atom. The summed E-state index contributed by atoms with van der Waals surface area (Å²) in [7, 11) is 1.88. The molecule has 128 valence electrons. The van der Waals surface area contributed by atoms with Crippen LogP contribution < -0.4 is 5.32 Å². The van der Waals surface area contributed by atoms with E-state index < -0.39 is 0 Å². The highest BCUT2D eigenvalue weighted by atomic mass is 32.1. The first kappa shape index (κ1) is 16.5. The highest BCUT2D eigenvalue weighted by Gasteiger charge is 2.25. The molecule has 0 aliphatic carbocycles. The Balaban J connectivity index is 1.48. The summed E-state index contributed by atoms with van der Waals surface area (Å²) in [6, 6.07) is 1.74. The minimum Gasteiger partial charge on any atom is -0.335 e. The van der Waals surface area contributed by atoms with Crippen LogP contribution in [0.1, 0.15) is 21.6 Å². The summed E-state index contributed by atoms with van der Waals surface area (Å²) in [6.45, 7) is 4.67. The van der Waals surface area contributed by atoms with Crippen LogP contribution in [0.15, 0.2) is 23.0 Å². The summed E-state index contributed by atoms with van der Waals surface area (Å²) >= 11 is 1.52. The lowest BCUT2D eigenvalue weighted by Gasteiger charge is -2.34. The van der Waals surface area contributed by atoms with Crippen LogP contribution in [0.5, 0.6) is 0 Å². The molecular formula is C16H21N5O2S. The van der Waals surface area contributed by atoms with Gasteiger partial charge in [-0.25, -0.2) is 4.79 Å². The number of amides is 3. The van der Waals surface area contributed by atoms with Gasteiger partial charge in [0.2, 0.25) is 0 Å². The number of hydrogen-bond acceptors (Lipinski definition) is 4. The smallest absolute Gasteiger partial charge is 0.317 e. The molecule has 3 rings (SSSR count). The Kier molecular flexibility index (Phi) is 4.84. The van der Waals surface area contributed by atoms with Crippen molar-refractivity contribution < 1.29 is 9.59 Å². The average molecular weight is 347 g/mol. The van der Waals surface area contributed by atoms with E-state index in [0.717, 1.165) is 16.8 Å². The molecule has 1 aliphatic heterocycles. The first-order chi connectivity index (χ1) is 11.6.